The maximum Gasteiger partial charge on any atom is 0.136 e. The van der Waals surface area contributed by atoms with Crippen molar-refractivity contribution in [3.05, 3.63) is 0 Å². The van der Waals surface area contributed by atoms with Crippen molar-refractivity contribution in [2.24, 2.45) is 11.6 Å². The van der Waals surface area contributed by atoms with E-state index in [1.165, 1.54) is 0 Å². The molecule has 0 rings (SSSR count). The van der Waals surface area contributed by atoms with Crippen molar-refractivity contribution < 1.29 is 4.79 Å². The van der Waals surface area contributed by atoms with Crippen LogP contribution in [0.4, 0.5) is 0 Å². The van der Waals surface area contributed by atoms with Crippen LogP contribution in [-0.2, 0) is 4.79 Å². The number of nitrogens with two attached hydrogens (primary N) is 2. The molecule has 0 spiro atoms. The van der Waals surface area contributed by atoms with Crippen molar-refractivity contribution in [2.45, 2.75) is 18.9 Å². The summed E-state index contributed by atoms with van der Waals surface area (Å²) in [5.74, 6) is 4.92. The Labute approximate surface area is 60.1 Å². The van der Waals surface area contributed by atoms with Gasteiger partial charge in [-0.25, -0.2) is 5.43 Å². The van der Waals surface area contributed by atoms with E-state index >= 15 is 0 Å². The zero-order chi connectivity index (χ0) is 7.82. The first-order chi connectivity index (χ1) is 4.81. The molecule has 0 aliphatic heterocycles. The molecule has 0 bridgehead atoms. The minimum Gasteiger partial charge on any atom is -0.322 e. The highest BCUT2D eigenvalue weighted by molar-refractivity contribution is 5.56. The number of hydrogen-bond acceptors (Lipinski definition) is 5. The van der Waals surface area contributed by atoms with Gasteiger partial charge in [0.05, 0.1) is 6.04 Å². The second-order valence-electron chi connectivity index (χ2n) is 2.01. The molecule has 0 aromatic carbocycles. The largest absolute Gasteiger partial charge is 0.322 e. The third kappa shape index (κ3) is 5.64. The molecule has 0 aromatic heterocycles. The van der Waals surface area contributed by atoms with Crippen LogP contribution in [0.3, 0.4) is 0 Å². The predicted molar refractivity (Wildman–Crippen MR) is 38.6 cm³/mol. The van der Waals surface area contributed by atoms with Crippen LogP contribution in [0, 0.1) is 0 Å². The van der Waals surface area contributed by atoms with Crippen molar-refractivity contribution in [1.82, 2.24) is 11.0 Å². The molecule has 5 nitrogen and oxygen atoms in total. The Morgan fingerprint density at radius 2 is 2.30 bits per heavy atom. The third-order valence-electron chi connectivity index (χ3n) is 1.12. The lowest BCUT2D eigenvalue weighted by atomic mass is 10.2. The van der Waals surface area contributed by atoms with Gasteiger partial charge in [0.2, 0.25) is 0 Å². The number of carbonyl (C=O) groups is 1. The van der Waals surface area contributed by atoms with E-state index < -0.39 is 0 Å². The third-order valence-corrected chi connectivity index (χ3v) is 1.12. The number of nitrogens with one attached hydrogen (secondary N) is 2. The second-order valence-corrected chi connectivity index (χ2v) is 2.01. The molecule has 0 aromatic rings. The molecule has 0 unspecified atom stereocenters. The van der Waals surface area contributed by atoms with Gasteiger partial charge in [-0.15, -0.1) is 0 Å². The zero-order valence-electron chi connectivity index (χ0n) is 5.84. The van der Waals surface area contributed by atoms with E-state index in [4.69, 9.17) is 11.6 Å². The molecule has 0 amide bonds. The van der Waals surface area contributed by atoms with Crippen LogP contribution in [0.25, 0.3) is 0 Å². The standard InChI is InChI=1S/C5H14N4O/c6-5(4-10)2-1-3-8-9-7/h4-5,8-9H,1-3,6-7H2/t5-/m1/s1. The molecule has 0 radical (unpaired) electrons. The Kier molecular flexibility index (Phi) is 6.30. The molecule has 0 fully saturated rings. The summed E-state index contributed by atoms with van der Waals surface area (Å²) in [4.78, 5) is 9.98. The number of rotatable bonds is 6. The van der Waals surface area contributed by atoms with E-state index in [1.54, 1.807) is 0 Å². The predicted octanol–water partition coefficient (Wildman–Crippen LogP) is -1.74. The lowest BCUT2D eigenvalue weighted by Crippen LogP contribution is -2.38. The summed E-state index contributed by atoms with van der Waals surface area (Å²) >= 11 is 0. The molecule has 0 saturated carbocycles. The van der Waals surface area contributed by atoms with Gasteiger partial charge in [0.25, 0.3) is 0 Å². The Morgan fingerprint density at radius 1 is 1.60 bits per heavy atom. The first kappa shape index (κ1) is 9.51. The van der Waals surface area contributed by atoms with Gasteiger partial charge in [0, 0.05) is 6.54 Å². The molecule has 1 atom stereocenters. The van der Waals surface area contributed by atoms with Crippen molar-refractivity contribution >= 4 is 6.29 Å². The normalized spacial score (nSPS) is 13.0. The molecule has 5 heteroatoms. The minimum absolute atomic E-state index is 0.334. The van der Waals surface area contributed by atoms with Crippen molar-refractivity contribution in [3.63, 3.8) is 0 Å². The monoisotopic (exact) mass is 146 g/mol. The molecule has 0 saturated heterocycles. The summed E-state index contributed by atoms with van der Waals surface area (Å²) in [5, 5.41) is 0. The van der Waals surface area contributed by atoms with Crippen LogP contribution in [-0.4, -0.2) is 18.9 Å². The summed E-state index contributed by atoms with van der Waals surface area (Å²) in [7, 11) is 0. The number of carbonyl (C=O) groups excluding carboxylic acids is 1. The summed E-state index contributed by atoms with van der Waals surface area (Å²) < 4.78 is 0. The number of aldehydes is 1. The van der Waals surface area contributed by atoms with E-state index in [0.29, 0.717) is 6.42 Å². The van der Waals surface area contributed by atoms with E-state index in [9.17, 15) is 4.79 Å². The maximum absolute atomic E-state index is 9.98. The molecule has 0 heterocycles. The highest BCUT2D eigenvalue weighted by Crippen LogP contribution is 1.88. The van der Waals surface area contributed by atoms with Crippen LogP contribution in [0.2, 0.25) is 0 Å². The van der Waals surface area contributed by atoms with Gasteiger partial charge in [-0.1, -0.05) is 0 Å². The Balaban J connectivity index is 2.95. The van der Waals surface area contributed by atoms with Gasteiger partial charge in [0.1, 0.15) is 6.29 Å². The topological polar surface area (TPSA) is 93.2 Å². The quantitative estimate of drug-likeness (QED) is 0.154. The molecule has 60 valence electrons. The fraction of sp³-hybridized carbons (Fsp3) is 0.800. The Hall–Kier alpha value is -0.490. The van der Waals surface area contributed by atoms with Crippen LogP contribution >= 0.6 is 0 Å². The second kappa shape index (κ2) is 6.63. The summed E-state index contributed by atoms with van der Waals surface area (Å²) in [6, 6.07) is -0.334. The maximum atomic E-state index is 9.98. The SMILES string of the molecule is NNNCCC[C@@H](N)C=O. The highest BCUT2D eigenvalue weighted by Gasteiger charge is 1.97. The fourth-order valence-corrected chi connectivity index (χ4v) is 0.566. The van der Waals surface area contributed by atoms with Gasteiger partial charge in [0.15, 0.2) is 0 Å². The Bertz CT molecular complexity index is 87.7. The first-order valence-corrected chi connectivity index (χ1v) is 3.20. The van der Waals surface area contributed by atoms with E-state index in [0.717, 1.165) is 19.3 Å². The van der Waals surface area contributed by atoms with Gasteiger partial charge < -0.3 is 10.5 Å². The Morgan fingerprint density at radius 3 is 2.80 bits per heavy atom. The summed E-state index contributed by atoms with van der Waals surface area (Å²) in [6.07, 6.45) is 2.28. The van der Waals surface area contributed by atoms with Crippen molar-refractivity contribution in [2.75, 3.05) is 6.54 Å². The van der Waals surface area contributed by atoms with Crippen LogP contribution < -0.4 is 22.5 Å². The first-order valence-electron chi connectivity index (χ1n) is 3.20. The highest BCUT2D eigenvalue weighted by atomic mass is 16.1. The summed E-state index contributed by atoms with van der Waals surface area (Å²) in [5.41, 5.74) is 10.3. The van der Waals surface area contributed by atoms with E-state index in [-0.39, 0.29) is 6.04 Å². The molecular weight excluding hydrogens is 132 g/mol. The molecular formula is C5H14N4O. The van der Waals surface area contributed by atoms with Crippen LogP contribution in [0.5, 0.6) is 0 Å². The van der Waals surface area contributed by atoms with Gasteiger partial charge in [-0.3, -0.25) is 5.84 Å². The van der Waals surface area contributed by atoms with Gasteiger partial charge >= 0.3 is 0 Å². The molecule has 0 aliphatic carbocycles. The number of hydrazine groups is 2. The smallest absolute Gasteiger partial charge is 0.136 e. The van der Waals surface area contributed by atoms with Crippen LogP contribution in [0.15, 0.2) is 0 Å². The van der Waals surface area contributed by atoms with Crippen molar-refractivity contribution in [3.8, 4) is 0 Å². The minimum atomic E-state index is -0.334. The lowest BCUT2D eigenvalue weighted by molar-refractivity contribution is -0.109. The summed E-state index contributed by atoms with van der Waals surface area (Å²) in [6.45, 7) is 0.720. The van der Waals surface area contributed by atoms with Crippen LogP contribution in [0.1, 0.15) is 12.8 Å². The van der Waals surface area contributed by atoms with Gasteiger partial charge in [-0.05, 0) is 12.8 Å². The van der Waals surface area contributed by atoms with E-state index in [1.807, 2.05) is 0 Å². The average Bonchev–Trinajstić information content (AvgIpc) is 1.98. The average molecular weight is 146 g/mol. The molecule has 0 aliphatic rings. The zero-order valence-corrected chi connectivity index (χ0v) is 5.84. The fourth-order valence-electron chi connectivity index (χ4n) is 0.566. The molecule has 10 heavy (non-hydrogen) atoms. The van der Waals surface area contributed by atoms with Gasteiger partial charge in [-0.2, -0.15) is 5.53 Å². The van der Waals surface area contributed by atoms with E-state index in [2.05, 4.69) is 11.0 Å². The number of hydrogen-bond donors (Lipinski definition) is 4. The molecule has 6 N–H and O–H groups in total. The lowest BCUT2D eigenvalue weighted by Gasteiger charge is -2.03. The van der Waals surface area contributed by atoms with Crippen molar-refractivity contribution in [1.29, 1.82) is 0 Å².